The van der Waals surface area contributed by atoms with Gasteiger partial charge in [0.15, 0.2) is 0 Å². The van der Waals surface area contributed by atoms with Crippen molar-refractivity contribution in [2.24, 2.45) is 15.0 Å². The van der Waals surface area contributed by atoms with Gasteiger partial charge in [-0.05, 0) is 54.4 Å². The molecule has 0 unspecified atom stereocenters. The minimum atomic E-state index is 0.0770. The zero-order valence-corrected chi connectivity index (χ0v) is 22.7. The largest absolute Gasteiger partial charge is 0.508 e. The van der Waals surface area contributed by atoms with Crippen molar-refractivity contribution < 1.29 is 5.11 Å². The van der Waals surface area contributed by atoms with Gasteiger partial charge in [0, 0.05) is 58.3 Å². The molecule has 0 amide bonds. The van der Waals surface area contributed by atoms with E-state index in [4.69, 9.17) is 34.8 Å². The van der Waals surface area contributed by atoms with Gasteiger partial charge in [0.2, 0.25) is 0 Å². The highest BCUT2D eigenvalue weighted by molar-refractivity contribution is 6.38. The number of aromatic nitrogens is 4. The Balaban J connectivity index is 1.48. The van der Waals surface area contributed by atoms with E-state index in [1.807, 2.05) is 31.3 Å². The molecule has 5 rings (SSSR count). The van der Waals surface area contributed by atoms with E-state index in [9.17, 15) is 5.11 Å². The van der Waals surface area contributed by atoms with Crippen molar-refractivity contribution in [1.82, 2.24) is 19.9 Å². The van der Waals surface area contributed by atoms with E-state index in [0.717, 1.165) is 27.6 Å². The molecule has 11 heteroatoms. The average molecular weight is 577 g/mol. The Morgan fingerprint density at radius 1 is 0.795 bits per heavy atom. The second-order valence-corrected chi connectivity index (χ2v) is 9.64. The molecule has 3 aromatic carbocycles. The molecular weight excluding hydrogens is 557 g/mol. The summed E-state index contributed by atoms with van der Waals surface area (Å²) in [7, 11) is 0. The number of H-pyrrole nitrogens is 1. The fraction of sp³-hybridized carbons (Fsp3) is 0.0714. The van der Waals surface area contributed by atoms with Gasteiger partial charge in [-0.3, -0.25) is 0 Å². The molecule has 0 fully saturated rings. The van der Waals surface area contributed by atoms with E-state index < -0.39 is 0 Å². The molecule has 0 aliphatic heterocycles. The summed E-state index contributed by atoms with van der Waals surface area (Å²) in [4.78, 5) is 29.4. The second-order valence-electron chi connectivity index (χ2n) is 8.42. The number of benzene rings is 3. The molecule has 194 valence electrons. The first-order valence-corrected chi connectivity index (χ1v) is 12.9. The number of aliphatic imine (C=N–C) groups is 3. The van der Waals surface area contributed by atoms with Crippen LogP contribution < -0.4 is 0 Å². The third-order valence-corrected chi connectivity index (χ3v) is 6.75. The summed E-state index contributed by atoms with van der Waals surface area (Å²) < 4.78 is 0. The van der Waals surface area contributed by atoms with Crippen LogP contribution in [0.1, 0.15) is 22.3 Å². The van der Waals surface area contributed by atoms with Crippen molar-refractivity contribution in [3.63, 3.8) is 0 Å². The molecule has 8 nitrogen and oxygen atoms in total. The molecule has 2 aromatic heterocycles. The quantitative estimate of drug-likeness (QED) is 0.193. The summed E-state index contributed by atoms with van der Waals surface area (Å²) in [6.45, 7) is 1.93. The van der Waals surface area contributed by atoms with Gasteiger partial charge in [0.05, 0.1) is 10.0 Å². The standard InChI is InChI=1S/C28H20Cl3N7O/c1-16-4-2-5-22(29)20(16)14-34-27-36-26(32-11-10-17-13-33-25-9-8-18(39)12-19(17)25)37-28(38-27)35-15-21-23(30)6-3-7-24(21)31/h2-9,11-15,33,39H,10H2,1H3. The second kappa shape index (κ2) is 11.7. The number of phenolic OH excluding ortho intramolecular Hbond substituents is 1. The Hall–Kier alpha value is -4.11. The number of phenols is 1. The first kappa shape index (κ1) is 26.5. The van der Waals surface area contributed by atoms with Crippen LogP contribution >= 0.6 is 34.8 Å². The van der Waals surface area contributed by atoms with Crippen molar-refractivity contribution >= 4 is 82.2 Å². The van der Waals surface area contributed by atoms with Gasteiger partial charge in [0.25, 0.3) is 17.8 Å². The lowest BCUT2D eigenvalue weighted by atomic mass is 10.1. The van der Waals surface area contributed by atoms with Crippen LogP contribution in [0.3, 0.4) is 0 Å². The molecular formula is C28H20Cl3N7O. The SMILES string of the molecule is Cc1cccc(Cl)c1C=Nc1nc(N=CCc2c[nH]c3ccc(O)cc23)nc(N=Cc2c(Cl)cccc2Cl)n1. The Kier molecular flexibility index (Phi) is 7.97. The number of halogens is 3. The van der Waals surface area contributed by atoms with Gasteiger partial charge in [-0.25, -0.2) is 15.0 Å². The first-order chi connectivity index (χ1) is 18.9. The Morgan fingerprint density at radius 3 is 2.05 bits per heavy atom. The van der Waals surface area contributed by atoms with Crippen molar-refractivity contribution in [2.75, 3.05) is 0 Å². The normalized spacial score (nSPS) is 12.0. The minimum Gasteiger partial charge on any atom is -0.508 e. The fourth-order valence-corrected chi connectivity index (χ4v) is 4.53. The molecule has 2 heterocycles. The average Bonchev–Trinajstić information content (AvgIpc) is 3.30. The highest BCUT2D eigenvalue weighted by atomic mass is 35.5. The van der Waals surface area contributed by atoms with Crippen LogP contribution in [0.15, 0.2) is 75.8 Å². The molecule has 0 bridgehead atoms. The van der Waals surface area contributed by atoms with E-state index >= 15 is 0 Å². The van der Waals surface area contributed by atoms with Crippen molar-refractivity contribution in [3.05, 3.63) is 98.1 Å². The Labute approximate surface area is 238 Å². The van der Waals surface area contributed by atoms with Crippen molar-refractivity contribution in [3.8, 4) is 5.75 Å². The van der Waals surface area contributed by atoms with Crippen LogP contribution in [0.5, 0.6) is 5.75 Å². The fourth-order valence-electron chi connectivity index (χ4n) is 3.76. The molecule has 0 spiro atoms. The number of hydrogen-bond acceptors (Lipinski definition) is 7. The van der Waals surface area contributed by atoms with Crippen LogP contribution in [0.25, 0.3) is 10.9 Å². The van der Waals surface area contributed by atoms with E-state index in [0.29, 0.717) is 27.1 Å². The summed E-state index contributed by atoms with van der Waals surface area (Å²) in [6.07, 6.45) is 7.09. The monoisotopic (exact) mass is 575 g/mol. The highest BCUT2D eigenvalue weighted by Gasteiger charge is 2.08. The molecule has 0 aliphatic rings. The predicted molar refractivity (Wildman–Crippen MR) is 159 cm³/mol. The summed E-state index contributed by atoms with van der Waals surface area (Å²) >= 11 is 18.9. The zero-order valence-electron chi connectivity index (χ0n) is 20.5. The predicted octanol–water partition coefficient (Wildman–Crippen LogP) is 7.77. The lowest BCUT2D eigenvalue weighted by Crippen LogP contribution is -1.93. The summed E-state index contributed by atoms with van der Waals surface area (Å²) in [5.41, 5.74) is 4.11. The zero-order chi connectivity index (χ0) is 27.4. The smallest absolute Gasteiger partial charge is 0.256 e. The van der Waals surface area contributed by atoms with Gasteiger partial charge in [-0.15, -0.1) is 0 Å². The van der Waals surface area contributed by atoms with Gasteiger partial charge in [-0.1, -0.05) is 53.0 Å². The van der Waals surface area contributed by atoms with Crippen LogP contribution in [-0.2, 0) is 6.42 Å². The Morgan fingerprint density at radius 2 is 1.38 bits per heavy atom. The maximum absolute atomic E-state index is 9.85. The van der Waals surface area contributed by atoms with E-state index in [1.165, 1.54) is 6.21 Å². The molecule has 0 aliphatic carbocycles. The molecule has 5 aromatic rings. The van der Waals surface area contributed by atoms with E-state index in [1.54, 1.807) is 48.8 Å². The molecule has 0 saturated carbocycles. The molecule has 0 atom stereocenters. The van der Waals surface area contributed by atoms with Gasteiger partial charge in [-0.2, -0.15) is 15.0 Å². The molecule has 39 heavy (non-hydrogen) atoms. The first-order valence-electron chi connectivity index (χ1n) is 11.7. The number of nitrogens with one attached hydrogen (secondary N) is 1. The van der Waals surface area contributed by atoms with Crippen LogP contribution in [0.4, 0.5) is 17.8 Å². The van der Waals surface area contributed by atoms with Gasteiger partial charge >= 0.3 is 0 Å². The maximum Gasteiger partial charge on any atom is 0.256 e. The van der Waals surface area contributed by atoms with Crippen LogP contribution in [0, 0.1) is 6.92 Å². The topological polar surface area (TPSA) is 112 Å². The summed E-state index contributed by atoms with van der Waals surface area (Å²) in [5.74, 6) is 0.488. The Bertz CT molecular complexity index is 1640. The highest BCUT2D eigenvalue weighted by Crippen LogP contribution is 2.25. The number of aromatic hydroxyl groups is 1. The van der Waals surface area contributed by atoms with Gasteiger partial charge in [0.1, 0.15) is 5.75 Å². The minimum absolute atomic E-state index is 0.0770. The number of aryl methyl sites for hydroxylation is 1. The third kappa shape index (κ3) is 6.31. The number of rotatable bonds is 7. The van der Waals surface area contributed by atoms with Gasteiger partial charge < -0.3 is 10.1 Å². The van der Waals surface area contributed by atoms with Crippen molar-refractivity contribution in [1.29, 1.82) is 0 Å². The number of aromatic amines is 1. The molecule has 0 radical (unpaired) electrons. The molecule has 0 saturated heterocycles. The maximum atomic E-state index is 9.85. The third-order valence-electron chi connectivity index (χ3n) is 5.76. The van der Waals surface area contributed by atoms with Crippen molar-refractivity contribution in [2.45, 2.75) is 13.3 Å². The molecule has 2 N–H and O–H groups in total. The lowest BCUT2D eigenvalue weighted by Gasteiger charge is -2.03. The summed E-state index contributed by atoms with van der Waals surface area (Å²) in [6, 6.07) is 15.9. The lowest BCUT2D eigenvalue weighted by molar-refractivity contribution is 0.476. The number of hydrogen-bond donors (Lipinski definition) is 2. The summed E-state index contributed by atoms with van der Waals surface area (Å²) in [5, 5.41) is 12.2. The van der Waals surface area contributed by atoms with E-state index in [-0.39, 0.29) is 23.6 Å². The number of fused-ring (bicyclic) bond motifs is 1. The number of nitrogens with zero attached hydrogens (tertiary/aromatic N) is 6. The van der Waals surface area contributed by atoms with Crippen LogP contribution in [0.2, 0.25) is 15.1 Å². The van der Waals surface area contributed by atoms with E-state index in [2.05, 4.69) is 34.9 Å². The van der Waals surface area contributed by atoms with Crippen LogP contribution in [-0.4, -0.2) is 43.7 Å².